The average Bonchev–Trinajstić information content (AvgIpc) is 3.30. The second kappa shape index (κ2) is 6.31. The van der Waals surface area contributed by atoms with Gasteiger partial charge in [-0.1, -0.05) is 0 Å². The van der Waals surface area contributed by atoms with Crippen LogP contribution in [0.4, 0.5) is 0 Å². The summed E-state index contributed by atoms with van der Waals surface area (Å²) >= 11 is 0. The Bertz CT molecular complexity index is 1170. The minimum Gasteiger partial charge on any atom is -0.381 e. The molecule has 0 radical (unpaired) electrons. The molecule has 2 N–H and O–H groups in total. The maximum absolute atomic E-state index is 12.6. The Labute approximate surface area is 154 Å². The summed E-state index contributed by atoms with van der Waals surface area (Å²) in [7, 11) is 1.75. The Balaban J connectivity index is 1.57. The first-order chi connectivity index (χ1) is 13.2. The summed E-state index contributed by atoms with van der Waals surface area (Å²) in [6.07, 6.45) is 7.36. The standard InChI is InChI=1S/C19H20N6O2/c1-27-13-5-3-12(4-6-13)25-18-16(23-19(25)26)9-20-17(24-18)11-2-7-14-15(8-11)22-10-21-14/h2,7-10,12-13H,3-6H2,1H3,(H,21,22)(H,23,26)/t12-,13+. The van der Waals surface area contributed by atoms with Gasteiger partial charge in [-0.2, -0.15) is 0 Å². The molecule has 5 rings (SSSR count). The SMILES string of the molecule is CO[C@H]1CC[C@@H](n2c(=O)[nH]c3cnc(-c4ccc5nc[nH]c5c4)nc32)CC1. The van der Waals surface area contributed by atoms with E-state index in [9.17, 15) is 4.79 Å². The molecule has 8 heteroatoms. The van der Waals surface area contributed by atoms with Crippen LogP contribution in [0, 0.1) is 0 Å². The van der Waals surface area contributed by atoms with E-state index in [1.807, 2.05) is 18.2 Å². The molecular weight excluding hydrogens is 344 g/mol. The van der Waals surface area contributed by atoms with Crippen LogP contribution in [0.15, 0.2) is 35.5 Å². The minimum atomic E-state index is -0.124. The highest BCUT2D eigenvalue weighted by Crippen LogP contribution is 2.31. The lowest BCUT2D eigenvalue weighted by Gasteiger charge is -2.28. The van der Waals surface area contributed by atoms with Crippen molar-refractivity contribution in [3.63, 3.8) is 0 Å². The van der Waals surface area contributed by atoms with E-state index < -0.39 is 0 Å². The smallest absolute Gasteiger partial charge is 0.327 e. The largest absolute Gasteiger partial charge is 0.381 e. The van der Waals surface area contributed by atoms with Gasteiger partial charge in [0.05, 0.1) is 29.7 Å². The number of ether oxygens (including phenoxy) is 1. The van der Waals surface area contributed by atoms with Crippen LogP contribution >= 0.6 is 0 Å². The lowest BCUT2D eigenvalue weighted by Crippen LogP contribution is -2.28. The number of H-pyrrole nitrogens is 2. The second-order valence-corrected chi connectivity index (χ2v) is 7.03. The molecule has 138 valence electrons. The first-order valence-electron chi connectivity index (χ1n) is 9.16. The molecule has 1 saturated carbocycles. The van der Waals surface area contributed by atoms with E-state index in [1.165, 1.54) is 0 Å². The molecule has 3 aromatic heterocycles. The number of nitrogens with one attached hydrogen (secondary N) is 2. The fourth-order valence-electron chi connectivity index (χ4n) is 4.01. The number of imidazole rings is 2. The lowest BCUT2D eigenvalue weighted by atomic mass is 9.93. The summed E-state index contributed by atoms with van der Waals surface area (Å²) < 4.78 is 7.24. The molecule has 0 atom stereocenters. The molecule has 0 spiro atoms. The van der Waals surface area contributed by atoms with Crippen molar-refractivity contribution in [2.45, 2.75) is 37.8 Å². The molecule has 0 bridgehead atoms. The van der Waals surface area contributed by atoms with E-state index in [1.54, 1.807) is 24.2 Å². The van der Waals surface area contributed by atoms with Gasteiger partial charge in [-0.3, -0.25) is 4.57 Å². The zero-order valence-electron chi connectivity index (χ0n) is 15.0. The maximum atomic E-state index is 12.6. The third-order valence-electron chi connectivity index (χ3n) is 5.48. The van der Waals surface area contributed by atoms with Crippen molar-refractivity contribution in [3.8, 4) is 11.4 Å². The zero-order valence-corrected chi connectivity index (χ0v) is 15.0. The summed E-state index contributed by atoms with van der Waals surface area (Å²) in [4.78, 5) is 32.0. The topological polar surface area (TPSA) is 101 Å². The van der Waals surface area contributed by atoms with Crippen molar-refractivity contribution in [2.75, 3.05) is 7.11 Å². The molecule has 27 heavy (non-hydrogen) atoms. The fourth-order valence-corrected chi connectivity index (χ4v) is 4.01. The normalized spacial score (nSPS) is 20.5. The van der Waals surface area contributed by atoms with Crippen LogP contribution in [0.3, 0.4) is 0 Å². The van der Waals surface area contributed by atoms with Gasteiger partial charge in [-0.15, -0.1) is 0 Å². The Morgan fingerprint density at radius 3 is 2.81 bits per heavy atom. The monoisotopic (exact) mass is 364 g/mol. The molecule has 0 amide bonds. The molecule has 1 fully saturated rings. The number of fused-ring (bicyclic) bond motifs is 2. The predicted molar refractivity (Wildman–Crippen MR) is 102 cm³/mol. The Morgan fingerprint density at radius 1 is 1.15 bits per heavy atom. The summed E-state index contributed by atoms with van der Waals surface area (Å²) in [6, 6.07) is 5.99. The lowest BCUT2D eigenvalue weighted by molar-refractivity contribution is 0.0585. The van der Waals surface area contributed by atoms with E-state index in [2.05, 4.69) is 19.9 Å². The quantitative estimate of drug-likeness (QED) is 0.582. The van der Waals surface area contributed by atoms with Crippen LogP contribution in [0.2, 0.25) is 0 Å². The van der Waals surface area contributed by atoms with Gasteiger partial charge in [0.25, 0.3) is 0 Å². The summed E-state index contributed by atoms with van der Waals surface area (Å²) in [6.45, 7) is 0. The van der Waals surface area contributed by atoms with Crippen molar-refractivity contribution in [1.29, 1.82) is 0 Å². The highest BCUT2D eigenvalue weighted by Gasteiger charge is 2.25. The van der Waals surface area contributed by atoms with Gasteiger partial charge in [0.15, 0.2) is 11.5 Å². The molecule has 8 nitrogen and oxygen atoms in total. The van der Waals surface area contributed by atoms with Crippen LogP contribution in [0.1, 0.15) is 31.7 Å². The molecule has 4 aromatic rings. The number of rotatable bonds is 3. The molecule has 1 aliphatic carbocycles. The third kappa shape index (κ3) is 2.73. The molecule has 0 saturated heterocycles. The molecule has 0 aliphatic heterocycles. The predicted octanol–water partition coefficient (Wildman–Crippen LogP) is 2.79. The molecule has 1 aliphatic rings. The third-order valence-corrected chi connectivity index (χ3v) is 5.48. The number of hydrogen-bond acceptors (Lipinski definition) is 5. The van der Waals surface area contributed by atoms with Crippen LogP contribution < -0.4 is 5.69 Å². The summed E-state index contributed by atoms with van der Waals surface area (Å²) in [5.41, 5.74) is 3.92. The van der Waals surface area contributed by atoms with E-state index in [-0.39, 0.29) is 17.8 Å². The number of benzene rings is 1. The van der Waals surface area contributed by atoms with Crippen LogP contribution in [-0.4, -0.2) is 42.7 Å². The van der Waals surface area contributed by atoms with Gasteiger partial charge in [-0.05, 0) is 43.9 Å². The Hall–Kier alpha value is -3.00. The summed E-state index contributed by atoms with van der Waals surface area (Å²) in [5, 5.41) is 0. The first kappa shape index (κ1) is 16.2. The molecule has 1 aromatic carbocycles. The van der Waals surface area contributed by atoms with Crippen molar-refractivity contribution < 1.29 is 4.74 Å². The van der Waals surface area contributed by atoms with Crippen molar-refractivity contribution in [1.82, 2.24) is 29.5 Å². The highest BCUT2D eigenvalue weighted by atomic mass is 16.5. The van der Waals surface area contributed by atoms with Crippen LogP contribution in [0.25, 0.3) is 33.6 Å². The Morgan fingerprint density at radius 2 is 2.00 bits per heavy atom. The molecule has 3 heterocycles. The van der Waals surface area contributed by atoms with Gasteiger partial charge in [0, 0.05) is 18.7 Å². The van der Waals surface area contributed by atoms with E-state index in [4.69, 9.17) is 9.72 Å². The second-order valence-electron chi connectivity index (χ2n) is 7.03. The first-order valence-corrected chi connectivity index (χ1v) is 9.16. The van der Waals surface area contributed by atoms with Crippen LogP contribution in [-0.2, 0) is 4.74 Å². The summed E-state index contributed by atoms with van der Waals surface area (Å²) in [5.74, 6) is 0.595. The number of hydrogen-bond donors (Lipinski definition) is 2. The van der Waals surface area contributed by atoms with E-state index in [0.717, 1.165) is 42.3 Å². The zero-order chi connectivity index (χ0) is 18.4. The van der Waals surface area contributed by atoms with Gasteiger partial charge in [-0.25, -0.2) is 19.7 Å². The fraction of sp³-hybridized carbons (Fsp3) is 0.368. The average molecular weight is 364 g/mol. The van der Waals surface area contributed by atoms with Gasteiger partial charge in [0.1, 0.15) is 5.52 Å². The van der Waals surface area contributed by atoms with Crippen LogP contribution in [0.5, 0.6) is 0 Å². The minimum absolute atomic E-state index is 0.124. The molecule has 0 unspecified atom stereocenters. The van der Waals surface area contributed by atoms with Crippen molar-refractivity contribution in [3.05, 3.63) is 41.2 Å². The number of methoxy groups -OCH3 is 1. The maximum Gasteiger partial charge on any atom is 0.327 e. The number of aromatic amines is 2. The van der Waals surface area contributed by atoms with Gasteiger partial charge in [0.2, 0.25) is 0 Å². The van der Waals surface area contributed by atoms with Crippen molar-refractivity contribution in [2.24, 2.45) is 0 Å². The number of nitrogens with zero attached hydrogens (tertiary/aromatic N) is 4. The van der Waals surface area contributed by atoms with Crippen molar-refractivity contribution >= 4 is 22.2 Å². The van der Waals surface area contributed by atoms with Gasteiger partial charge < -0.3 is 14.7 Å². The van der Waals surface area contributed by atoms with Gasteiger partial charge >= 0.3 is 5.69 Å². The highest BCUT2D eigenvalue weighted by molar-refractivity contribution is 5.81. The molecular formula is C19H20N6O2. The Kier molecular flexibility index (Phi) is 3.78. The van der Waals surface area contributed by atoms with E-state index >= 15 is 0 Å². The van der Waals surface area contributed by atoms with E-state index in [0.29, 0.717) is 17.0 Å². The number of aromatic nitrogens is 6.